The summed E-state index contributed by atoms with van der Waals surface area (Å²) in [6, 6.07) is 14.5. The van der Waals surface area contributed by atoms with E-state index in [0.717, 1.165) is 34.1 Å². The second-order valence-corrected chi connectivity index (χ2v) is 9.84. The van der Waals surface area contributed by atoms with E-state index < -0.39 is 23.8 Å². The predicted molar refractivity (Wildman–Crippen MR) is 133 cm³/mol. The van der Waals surface area contributed by atoms with Crippen molar-refractivity contribution in [2.45, 2.75) is 70.7 Å². The fraction of sp³-hybridized carbons (Fsp3) is 0.393. The first-order valence-electron chi connectivity index (χ1n) is 11.6. The van der Waals surface area contributed by atoms with Crippen LogP contribution in [0.25, 0.3) is 17.0 Å². The van der Waals surface area contributed by atoms with E-state index in [4.69, 9.17) is 4.74 Å². The van der Waals surface area contributed by atoms with Gasteiger partial charge >= 0.3 is 5.97 Å². The van der Waals surface area contributed by atoms with Crippen LogP contribution in [0.15, 0.2) is 54.6 Å². The van der Waals surface area contributed by atoms with Gasteiger partial charge in [-0.15, -0.1) is 0 Å². The fourth-order valence-electron chi connectivity index (χ4n) is 4.15. The number of hydrogen-bond donors (Lipinski definition) is 3. The molecule has 3 aromatic rings. The van der Waals surface area contributed by atoms with E-state index in [-0.39, 0.29) is 24.6 Å². The smallest absolute Gasteiger partial charge is 0.308 e. The zero-order valence-electron chi connectivity index (χ0n) is 20.2. The molecule has 5 nitrogen and oxygen atoms in total. The van der Waals surface area contributed by atoms with Crippen LogP contribution in [0.1, 0.15) is 63.3 Å². The monoisotopic (exact) mass is 467 g/mol. The van der Waals surface area contributed by atoms with Crippen LogP contribution in [-0.2, 0) is 16.0 Å². The Labute approximate surface area is 200 Å². The zero-order valence-corrected chi connectivity index (χ0v) is 20.2. The number of aromatic nitrogens is 1. The van der Waals surface area contributed by atoms with Crippen molar-refractivity contribution >= 4 is 22.9 Å². The zero-order chi connectivity index (χ0) is 24.9. The molecule has 3 N–H and O–H groups in total. The topological polar surface area (TPSA) is 82.6 Å². The van der Waals surface area contributed by atoms with Crippen molar-refractivity contribution in [1.29, 1.82) is 0 Å². The molecule has 0 saturated carbocycles. The second-order valence-electron chi connectivity index (χ2n) is 9.84. The van der Waals surface area contributed by atoms with E-state index in [9.17, 15) is 19.4 Å². The highest BCUT2D eigenvalue weighted by molar-refractivity contribution is 5.87. The molecule has 2 aromatic carbocycles. The highest BCUT2D eigenvalue weighted by Gasteiger charge is 2.21. The average molecular weight is 468 g/mol. The first kappa shape index (κ1) is 25.7. The number of H-pyrrole nitrogens is 1. The summed E-state index contributed by atoms with van der Waals surface area (Å²) >= 11 is 0. The summed E-state index contributed by atoms with van der Waals surface area (Å²) in [5.41, 5.74) is 3.39. The minimum absolute atomic E-state index is 0.0242. The van der Waals surface area contributed by atoms with Gasteiger partial charge in [0.2, 0.25) is 0 Å². The molecule has 0 fully saturated rings. The standard InChI is InChI=1S/C28H34FNO4/c1-18(15-19-9-11-20(29)12-10-19)27-23-7-5-6-8-24(23)30-25(27)14-13-21(31)16-22(32)17-26(33)34-28(2,3)4/h5-14,18,21-22,30-32H,15-17H2,1-4H3. The lowest BCUT2D eigenvalue weighted by atomic mass is 9.91. The number of nitrogens with one attached hydrogen (secondary N) is 1. The first-order valence-corrected chi connectivity index (χ1v) is 11.6. The summed E-state index contributed by atoms with van der Waals surface area (Å²) in [6.07, 6.45) is 2.10. The molecule has 0 saturated heterocycles. The molecule has 0 spiro atoms. The minimum atomic E-state index is -1.01. The fourth-order valence-corrected chi connectivity index (χ4v) is 4.15. The maximum atomic E-state index is 13.3. The van der Waals surface area contributed by atoms with Crippen LogP contribution in [0.4, 0.5) is 4.39 Å². The van der Waals surface area contributed by atoms with Crippen molar-refractivity contribution in [3.63, 3.8) is 0 Å². The molecule has 0 bridgehead atoms. The lowest BCUT2D eigenvalue weighted by Crippen LogP contribution is -2.27. The van der Waals surface area contributed by atoms with Crippen LogP contribution >= 0.6 is 0 Å². The van der Waals surface area contributed by atoms with Crippen LogP contribution in [0, 0.1) is 5.82 Å². The number of ether oxygens (including phenoxy) is 1. The van der Waals surface area contributed by atoms with Crippen LogP contribution in [0.2, 0.25) is 0 Å². The van der Waals surface area contributed by atoms with Gasteiger partial charge < -0.3 is 19.9 Å². The molecule has 0 aliphatic rings. The highest BCUT2D eigenvalue weighted by atomic mass is 19.1. The molecule has 3 atom stereocenters. The van der Waals surface area contributed by atoms with Gasteiger partial charge in [0.25, 0.3) is 0 Å². The molecule has 0 aliphatic carbocycles. The number of esters is 1. The molecule has 6 heteroatoms. The number of aliphatic hydroxyl groups is 2. The highest BCUT2D eigenvalue weighted by Crippen LogP contribution is 2.32. The third-order valence-electron chi connectivity index (χ3n) is 5.55. The van der Waals surface area contributed by atoms with Crippen molar-refractivity contribution in [3.8, 4) is 0 Å². The number of hydrogen-bond acceptors (Lipinski definition) is 4. The van der Waals surface area contributed by atoms with E-state index >= 15 is 0 Å². The van der Waals surface area contributed by atoms with Gasteiger partial charge in [-0.1, -0.05) is 43.3 Å². The molecular formula is C28H34FNO4. The molecule has 0 radical (unpaired) electrons. The summed E-state index contributed by atoms with van der Waals surface area (Å²) in [7, 11) is 0. The summed E-state index contributed by atoms with van der Waals surface area (Å²) in [6.45, 7) is 7.43. The minimum Gasteiger partial charge on any atom is -0.460 e. The van der Waals surface area contributed by atoms with Crippen LogP contribution < -0.4 is 0 Å². The maximum Gasteiger partial charge on any atom is 0.308 e. The number of carbonyl (C=O) groups excluding carboxylic acids is 1. The number of rotatable bonds is 9. The lowest BCUT2D eigenvalue weighted by molar-refractivity contribution is -0.157. The largest absolute Gasteiger partial charge is 0.460 e. The Balaban J connectivity index is 1.73. The predicted octanol–water partition coefficient (Wildman–Crippen LogP) is 5.51. The van der Waals surface area contributed by atoms with Gasteiger partial charge in [-0.05, 0) is 68.5 Å². The molecule has 1 aromatic heterocycles. The van der Waals surface area contributed by atoms with Crippen molar-refractivity contribution in [3.05, 3.63) is 77.2 Å². The van der Waals surface area contributed by atoms with Crippen molar-refractivity contribution in [2.75, 3.05) is 0 Å². The van der Waals surface area contributed by atoms with E-state index in [0.29, 0.717) is 0 Å². The quantitative estimate of drug-likeness (QED) is 0.363. The van der Waals surface area contributed by atoms with Crippen molar-refractivity contribution in [1.82, 2.24) is 4.98 Å². The van der Waals surface area contributed by atoms with Gasteiger partial charge in [0.15, 0.2) is 0 Å². The van der Waals surface area contributed by atoms with E-state index in [1.807, 2.05) is 24.3 Å². The molecule has 3 unspecified atom stereocenters. The molecular weight excluding hydrogens is 433 g/mol. The number of para-hydroxylation sites is 1. The van der Waals surface area contributed by atoms with Gasteiger partial charge in [0, 0.05) is 23.0 Å². The van der Waals surface area contributed by atoms with E-state index in [1.165, 1.54) is 12.1 Å². The molecule has 1 heterocycles. The number of aromatic amines is 1. The van der Waals surface area contributed by atoms with Crippen LogP contribution in [0.3, 0.4) is 0 Å². The van der Waals surface area contributed by atoms with E-state index in [2.05, 4.69) is 18.0 Å². The Hall–Kier alpha value is -2.96. The second kappa shape index (κ2) is 11.0. The van der Waals surface area contributed by atoms with Crippen LogP contribution in [-0.4, -0.2) is 39.0 Å². The number of benzene rings is 2. The maximum absolute atomic E-state index is 13.3. The van der Waals surface area contributed by atoms with Crippen LogP contribution in [0.5, 0.6) is 0 Å². The van der Waals surface area contributed by atoms with Gasteiger partial charge in [0.05, 0.1) is 18.6 Å². The van der Waals surface area contributed by atoms with Gasteiger partial charge in [-0.3, -0.25) is 4.79 Å². The third-order valence-corrected chi connectivity index (χ3v) is 5.55. The molecule has 34 heavy (non-hydrogen) atoms. The van der Waals surface area contributed by atoms with Gasteiger partial charge in [0.1, 0.15) is 11.4 Å². The summed E-state index contributed by atoms with van der Waals surface area (Å²) in [5, 5.41) is 21.7. The number of halogens is 1. The average Bonchev–Trinajstić information content (AvgIpc) is 3.11. The molecule has 3 rings (SSSR count). The Morgan fingerprint density at radius 3 is 2.47 bits per heavy atom. The van der Waals surface area contributed by atoms with Crippen molar-refractivity contribution in [2.24, 2.45) is 0 Å². The van der Waals surface area contributed by atoms with E-state index in [1.54, 1.807) is 39.0 Å². The lowest BCUT2D eigenvalue weighted by Gasteiger charge is -2.21. The molecule has 0 aliphatic heterocycles. The van der Waals surface area contributed by atoms with Gasteiger partial charge in [-0.2, -0.15) is 0 Å². The number of carbonyl (C=O) groups is 1. The summed E-state index contributed by atoms with van der Waals surface area (Å²) in [4.78, 5) is 15.3. The molecule has 0 amide bonds. The number of fused-ring (bicyclic) bond motifs is 1. The normalized spacial score (nSPS) is 14.9. The Bertz CT molecular complexity index is 1130. The summed E-state index contributed by atoms with van der Waals surface area (Å²) < 4.78 is 18.5. The third kappa shape index (κ3) is 7.27. The Morgan fingerprint density at radius 2 is 1.79 bits per heavy atom. The SMILES string of the molecule is CC(Cc1ccc(F)cc1)c1c(C=CC(O)CC(O)CC(=O)OC(C)(C)C)[nH]c2ccccc12. The van der Waals surface area contributed by atoms with Crippen molar-refractivity contribution < 1.29 is 24.1 Å². The summed E-state index contributed by atoms with van der Waals surface area (Å²) in [5.74, 6) is -0.616. The van der Waals surface area contributed by atoms with Gasteiger partial charge in [-0.25, -0.2) is 4.39 Å². The Morgan fingerprint density at radius 1 is 1.12 bits per heavy atom. The Kier molecular flexibility index (Phi) is 8.28. The number of aliphatic hydroxyl groups excluding tert-OH is 2. The molecule has 182 valence electrons. The first-order chi connectivity index (χ1) is 16.0.